The average Bonchev–Trinajstić information content (AvgIpc) is 2.70. The number of H-pyrrole nitrogens is 1. The molecule has 1 heterocycles. The molecule has 0 saturated heterocycles. The summed E-state index contributed by atoms with van der Waals surface area (Å²) in [7, 11) is 1.43. The number of carbonyl (C=O) groups is 1. The third-order valence-corrected chi connectivity index (χ3v) is 2.81. The number of aliphatic carboxylic acids is 1. The van der Waals surface area contributed by atoms with Crippen LogP contribution in [0.3, 0.4) is 0 Å². The van der Waals surface area contributed by atoms with Crippen LogP contribution in [0.1, 0.15) is 11.5 Å². The number of methoxy groups -OCH3 is 1. The first-order valence-electron chi connectivity index (χ1n) is 5.29. The molecule has 0 amide bonds. The second-order valence-corrected chi connectivity index (χ2v) is 3.97. The number of benzene rings is 1. The SMILES string of the molecule is COc1ccc2c([C@@H](C(=O)O)C(F)(F)F)c[nH]c2c1. The van der Waals surface area contributed by atoms with Gasteiger partial charge in [0.05, 0.1) is 7.11 Å². The van der Waals surface area contributed by atoms with Crippen molar-refractivity contribution in [3.63, 3.8) is 0 Å². The molecular formula is C12H10F3NO3. The third kappa shape index (κ3) is 2.35. The van der Waals surface area contributed by atoms with Gasteiger partial charge in [-0.05, 0) is 12.1 Å². The molecule has 2 aromatic rings. The van der Waals surface area contributed by atoms with Gasteiger partial charge in [-0.1, -0.05) is 0 Å². The van der Waals surface area contributed by atoms with Crippen molar-refractivity contribution < 1.29 is 27.8 Å². The first-order chi connectivity index (χ1) is 8.84. The van der Waals surface area contributed by atoms with Crippen molar-refractivity contribution in [1.82, 2.24) is 4.98 Å². The number of carboxylic acids is 1. The van der Waals surface area contributed by atoms with Crippen LogP contribution in [0.15, 0.2) is 24.4 Å². The molecule has 7 heteroatoms. The Morgan fingerprint density at radius 3 is 2.63 bits per heavy atom. The minimum Gasteiger partial charge on any atom is -0.497 e. The van der Waals surface area contributed by atoms with E-state index < -0.39 is 18.1 Å². The summed E-state index contributed by atoms with van der Waals surface area (Å²) in [5.74, 6) is -4.00. The minimum absolute atomic E-state index is 0.213. The number of aromatic amines is 1. The molecule has 2 rings (SSSR count). The van der Waals surface area contributed by atoms with Crippen LogP contribution in [0, 0.1) is 0 Å². The van der Waals surface area contributed by atoms with Crippen LogP contribution >= 0.6 is 0 Å². The van der Waals surface area contributed by atoms with Crippen molar-refractivity contribution in [3.8, 4) is 5.75 Å². The summed E-state index contributed by atoms with van der Waals surface area (Å²) in [5, 5.41) is 9.00. The zero-order chi connectivity index (χ0) is 14.2. The first-order valence-corrected chi connectivity index (χ1v) is 5.29. The summed E-state index contributed by atoms with van der Waals surface area (Å²) in [6.45, 7) is 0. The number of hydrogen-bond acceptors (Lipinski definition) is 2. The molecule has 0 unspecified atom stereocenters. The Labute approximate surface area is 105 Å². The predicted octanol–water partition coefficient (Wildman–Crippen LogP) is 2.91. The highest BCUT2D eigenvalue weighted by Gasteiger charge is 2.47. The predicted molar refractivity (Wildman–Crippen MR) is 61.3 cm³/mol. The van der Waals surface area contributed by atoms with Crippen LogP contribution in [0.25, 0.3) is 10.9 Å². The molecule has 0 radical (unpaired) electrons. The van der Waals surface area contributed by atoms with Crippen molar-refractivity contribution in [3.05, 3.63) is 30.0 Å². The Balaban J connectivity index is 2.59. The highest BCUT2D eigenvalue weighted by molar-refractivity contribution is 5.90. The highest BCUT2D eigenvalue weighted by atomic mass is 19.4. The molecule has 1 aromatic carbocycles. The van der Waals surface area contributed by atoms with Gasteiger partial charge in [0.25, 0.3) is 0 Å². The van der Waals surface area contributed by atoms with Crippen LogP contribution < -0.4 is 4.74 Å². The third-order valence-electron chi connectivity index (χ3n) is 2.81. The van der Waals surface area contributed by atoms with Crippen LogP contribution in [-0.4, -0.2) is 29.3 Å². The molecule has 0 fully saturated rings. The summed E-state index contributed by atoms with van der Waals surface area (Å²) in [4.78, 5) is 13.5. The zero-order valence-electron chi connectivity index (χ0n) is 9.78. The number of aromatic nitrogens is 1. The summed E-state index contributed by atoms with van der Waals surface area (Å²) >= 11 is 0. The van der Waals surface area contributed by atoms with E-state index in [1.165, 1.54) is 25.3 Å². The van der Waals surface area contributed by atoms with E-state index in [0.717, 1.165) is 6.20 Å². The average molecular weight is 273 g/mol. The fourth-order valence-corrected chi connectivity index (χ4v) is 1.94. The smallest absolute Gasteiger partial charge is 0.406 e. The van der Waals surface area contributed by atoms with E-state index in [1.54, 1.807) is 0 Å². The van der Waals surface area contributed by atoms with Gasteiger partial charge in [-0.3, -0.25) is 4.79 Å². The maximum atomic E-state index is 12.8. The monoisotopic (exact) mass is 273 g/mol. The largest absolute Gasteiger partial charge is 0.497 e. The lowest BCUT2D eigenvalue weighted by Gasteiger charge is -2.15. The summed E-state index contributed by atoms with van der Waals surface area (Å²) in [6, 6.07) is 4.39. The van der Waals surface area contributed by atoms with Gasteiger partial charge in [-0.25, -0.2) is 0 Å². The van der Waals surface area contributed by atoms with E-state index in [-0.39, 0.29) is 10.9 Å². The Morgan fingerprint density at radius 1 is 1.42 bits per heavy atom. The van der Waals surface area contributed by atoms with Crippen molar-refractivity contribution in [2.75, 3.05) is 7.11 Å². The standard InChI is InChI=1S/C12H10F3NO3/c1-19-6-2-3-7-8(5-16-9(7)4-6)10(11(17)18)12(13,14)15/h2-5,10,16H,1H3,(H,17,18)/t10-/m0/s1. The molecule has 1 aromatic heterocycles. The topological polar surface area (TPSA) is 62.3 Å². The lowest BCUT2D eigenvalue weighted by Crippen LogP contribution is -2.28. The molecule has 2 N–H and O–H groups in total. The van der Waals surface area contributed by atoms with Gasteiger partial charge in [0.2, 0.25) is 0 Å². The van der Waals surface area contributed by atoms with Gasteiger partial charge in [0, 0.05) is 28.7 Å². The Morgan fingerprint density at radius 2 is 2.11 bits per heavy atom. The fraction of sp³-hybridized carbons (Fsp3) is 0.250. The lowest BCUT2D eigenvalue weighted by molar-refractivity contribution is -0.176. The number of halogens is 3. The van der Waals surface area contributed by atoms with E-state index in [2.05, 4.69) is 4.98 Å². The fourth-order valence-electron chi connectivity index (χ4n) is 1.94. The number of ether oxygens (including phenoxy) is 1. The van der Waals surface area contributed by atoms with E-state index in [4.69, 9.17) is 9.84 Å². The number of nitrogens with one attached hydrogen (secondary N) is 1. The number of alkyl halides is 3. The van der Waals surface area contributed by atoms with Crippen LogP contribution in [0.4, 0.5) is 13.2 Å². The van der Waals surface area contributed by atoms with E-state index >= 15 is 0 Å². The van der Waals surface area contributed by atoms with Gasteiger partial charge in [-0.2, -0.15) is 13.2 Å². The summed E-state index contributed by atoms with van der Waals surface area (Å²) in [5.41, 5.74) is 0.0857. The lowest BCUT2D eigenvalue weighted by atomic mass is 9.98. The summed E-state index contributed by atoms with van der Waals surface area (Å²) < 4.78 is 43.3. The summed E-state index contributed by atoms with van der Waals surface area (Å²) in [6.07, 6.45) is -3.78. The quantitative estimate of drug-likeness (QED) is 0.903. The molecule has 0 aliphatic heterocycles. The van der Waals surface area contributed by atoms with Crippen LogP contribution in [0.2, 0.25) is 0 Å². The maximum absolute atomic E-state index is 12.8. The van der Waals surface area contributed by atoms with Gasteiger partial charge in [-0.15, -0.1) is 0 Å². The number of rotatable bonds is 3. The van der Waals surface area contributed by atoms with Gasteiger partial charge in [0.1, 0.15) is 5.75 Å². The minimum atomic E-state index is -4.85. The second-order valence-electron chi connectivity index (χ2n) is 3.97. The highest BCUT2D eigenvalue weighted by Crippen LogP contribution is 2.38. The normalized spacial score (nSPS) is 13.5. The molecule has 0 bridgehead atoms. The Hall–Kier alpha value is -2.18. The van der Waals surface area contributed by atoms with E-state index in [0.29, 0.717) is 11.3 Å². The van der Waals surface area contributed by atoms with Crippen molar-refractivity contribution in [2.24, 2.45) is 0 Å². The Kier molecular flexibility index (Phi) is 3.13. The van der Waals surface area contributed by atoms with Gasteiger partial charge < -0.3 is 14.8 Å². The second kappa shape index (κ2) is 4.49. The van der Waals surface area contributed by atoms with Crippen molar-refractivity contribution in [2.45, 2.75) is 12.1 Å². The first kappa shape index (κ1) is 13.3. The number of carboxylic acid groups (broad SMARTS) is 1. The molecular weight excluding hydrogens is 263 g/mol. The zero-order valence-corrected chi connectivity index (χ0v) is 9.78. The molecule has 19 heavy (non-hydrogen) atoms. The van der Waals surface area contributed by atoms with Gasteiger partial charge >= 0.3 is 12.1 Å². The molecule has 0 spiro atoms. The van der Waals surface area contributed by atoms with Crippen molar-refractivity contribution in [1.29, 1.82) is 0 Å². The molecule has 0 aliphatic rings. The molecule has 0 saturated carbocycles. The molecule has 0 aliphatic carbocycles. The maximum Gasteiger partial charge on any atom is 0.406 e. The van der Waals surface area contributed by atoms with Crippen LogP contribution in [0.5, 0.6) is 5.75 Å². The van der Waals surface area contributed by atoms with Crippen LogP contribution in [-0.2, 0) is 4.79 Å². The number of fused-ring (bicyclic) bond motifs is 1. The Bertz CT molecular complexity index is 618. The number of hydrogen-bond donors (Lipinski definition) is 2. The van der Waals surface area contributed by atoms with Gasteiger partial charge in [0.15, 0.2) is 5.92 Å². The van der Waals surface area contributed by atoms with Crippen molar-refractivity contribution >= 4 is 16.9 Å². The molecule has 1 atom stereocenters. The molecule has 4 nitrogen and oxygen atoms in total. The van der Waals surface area contributed by atoms with E-state index in [9.17, 15) is 18.0 Å². The molecule has 102 valence electrons. The van der Waals surface area contributed by atoms with E-state index in [1.807, 2.05) is 0 Å².